The molecular weight excluding hydrogens is 274 g/mol. The molecule has 0 aliphatic carbocycles. The van der Waals surface area contributed by atoms with E-state index < -0.39 is 6.55 Å². The highest BCUT2D eigenvalue weighted by molar-refractivity contribution is 5.14. The van der Waals surface area contributed by atoms with Crippen molar-refractivity contribution >= 4 is 0 Å². The molecule has 0 saturated carbocycles. The van der Waals surface area contributed by atoms with Crippen LogP contribution in [-0.2, 0) is 13.1 Å². The minimum absolute atomic E-state index is 0.373. The second kappa shape index (κ2) is 7.85. The highest BCUT2D eigenvalue weighted by Crippen LogP contribution is 2.15. The van der Waals surface area contributed by atoms with Crippen LogP contribution in [0.3, 0.4) is 0 Å². The quantitative estimate of drug-likeness (QED) is 0.814. The minimum atomic E-state index is -2.56. The molecule has 0 radical (unpaired) electrons. The molecule has 0 amide bonds. The van der Waals surface area contributed by atoms with E-state index >= 15 is 0 Å². The molecule has 0 atom stereocenters. The van der Waals surface area contributed by atoms with Gasteiger partial charge in [-0.25, -0.2) is 4.98 Å². The summed E-state index contributed by atoms with van der Waals surface area (Å²) in [6.45, 7) is -0.158. The summed E-state index contributed by atoms with van der Waals surface area (Å²) in [5, 5.41) is 0. The molecule has 0 bridgehead atoms. The zero-order valence-electron chi connectivity index (χ0n) is 11.8. The molecule has 2 aromatic rings. The Morgan fingerprint density at radius 2 is 1.95 bits per heavy atom. The summed E-state index contributed by atoms with van der Waals surface area (Å²) in [7, 11) is 0. The van der Waals surface area contributed by atoms with Crippen molar-refractivity contribution in [3.05, 3.63) is 54.1 Å². The monoisotopic (exact) mass is 294 g/mol. The summed E-state index contributed by atoms with van der Waals surface area (Å²) >= 11 is 0. The van der Waals surface area contributed by atoms with Crippen LogP contribution in [0.2, 0.25) is 0 Å². The molecule has 0 spiro atoms. The molecule has 0 fully saturated rings. The van der Waals surface area contributed by atoms with E-state index in [9.17, 15) is 8.78 Å². The van der Waals surface area contributed by atoms with E-state index in [4.69, 9.17) is 5.73 Å². The normalized spacial score (nSPS) is 11.5. The number of nitrogens with zero attached hydrogens (tertiary/aromatic N) is 3. The van der Waals surface area contributed by atoms with Crippen LogP contribution < -0.4 is 5.73 Å². The third kappa shape index (κ3) is 4.61. The first-order valence-electron chi connectivity index (χ1n) is 6.97. The van der Waals surface area contributed by atoms with Gasteiger partial charge in [0.1, 0.15) is 5.82 Å². The lowest BCUT2D eigenvalue weighted by atomic mass is 10.2. The van der Waals surface area contributed by atoms with Gasteiger partial charge in [0.15, 0.2) is 0 Å². The van der Waals surface area contributed by atoms with Crippen LogP contribution in [0.15, 0.2) is 42.7 Å². The van der Waals surface area contributed by atoms with E-state index in [1.165, 1.54) is 12.4 Å². The second-order valence-electron chi connectivity index (χ2n) is 4.87. The zero-order chi connectivity index (χ0) is 15.1. The molecule has 114 valence electrons. The standard InChI is InChI=1S/C15H20F2N4/c16-15(17)21-10-8-19-14(21)12-20(9-4-7-18)11-13-5-2-1-3-6-13/h1-3,5-6,8,10,15H,4,7,9,11-12,18H2. The fourth-order valence-electron chi connectivity index (χ4n) is 2.21. The molecule has 6 heteroatoms. The number of nitrogens with two attached hydrogens (primary N) is 1. The van der Waals surface area contributed by atoms with Gasteiger partial charge in [0.25, 0.3) is 0 Å². The van der Waals surface area contributed by atoms with Crippen molar-refractivity contribution in [3.63, 3.8) is 0 Å². The molecule has 21 heavy (non-hydrogen) atoms. The molecule has 2 rings (SSSR count). The number of hydrogen-bond acceptors (Lipinski definition) is 3. The average molecular weight is 294 g/mol. The van der Waals surface area contributed by atoms with Crippen molar-refractivity contribution in [3.8, 4) is 0 Å². The van der Waals surface area contributed by atoms with Gasteiger partial charge in [0, 0.05) is 25.5 Å². The van der Waals surface area contributed by atoms with E-state index in [0.717, 1.165) is 23.1 Å². The Hall–Kier alpha value is -1.79. The summed E-state index contributed by atoms with van der Waals surface area (Å²) in [5.74, 6) is 0.373. The second-order valence-corrected chi connectivity index (χ2v) is 4.87. The van der Waals surface area contributed by atoms with Crippen molar-refractivity contribution in [2.45, 2.75) is 26.1 Å². The highest BCUT2D eigenvalue weighted by atomic mass is 19.3. The van der Waals surface area contributed by atoms with Gasteiger partial charge in [-0.05, 0) is 18.5 Å². The Bertz CT molecular complexity index is 527. The maximum absolute atomic E-state index is 12.9. The van der Waals surface area contributed by atoms with Crippen LogP contribution >= 0.6 is 0 Å². The van der Waals surface area contributed by atoms with Gasteiger partial charge in [-0.1, -0.05) is 30.3 Å². The van der Waals surface area contributed by atoms with Crippen molar-refractivity contribution in [2.75, 3.05) is 13.1 Å². The average Bonchev–Trinajstić information content (AvgIpc) is 2.94. The predicted molar refractivity (Wildman–Crippen MR) is 77.7 cm³/mol. The maximum Gasteiger partial charge on any atom is 0.319 e. The molecule has 0 aliphatic rings. The summed E-state index contributed by atoms with van der Waals surface area (Å²) in [6.07, 6.45) is 3.54. The van der Waals surface area contributed by atoms with Gasteiger partial charge in [-0.15, -0.1) is 0 Å². The van der Waals surface area contributed by atoms with Crippen LogP contribution in [0.25, 0.3) is 0 Å². The summed E-state index contributed by atoms with van der Waals surface area (Å²) in [4.78, 5) is 6.12. The Balaban J connectivity index is 2.07. The van der Waals surface area contributed by atoms with E-state index in [1.54, 1.807) is 0 Å². The van der Waals surface area contributed by atoms with Gasteiger partial charge in [0.2, 0.25) is 0 Å². The van der Waals surface area contributed by atoms with Crippen LogP contribution in [0.4, 0.5) is 8.78 Å². The van der Waals surface area contributed by atoms with Crippen molar-refractivity contribution in [1.82, 2.24) is 14.5 Å². The number of alkyl halides is 2. The summed E-state index contributed by atoms with van der Waals surface area (Å²) in [5.41, 5.74) is 6.70. The first-order valence-corrected chi connectivity index (χ1v) is 6.97. The smallest absolute Gasteiger partial charge is 0.319 e. The number of halogens is 2. The van der Waals surface area contributed by atoms with Crippen LogP contribution in [0.1, 0.15) is 24.4 Å². The highest BCUT2D eigenvalue weighted by Gasteiger charge is 2.15. The lowest BCUT2D eigenvalue weighted by Gasteiger charge is -2.22. The van der Waals surface area contributed by atoms with E-state index in [0.29, 0.717) is 25.5 Å². The fourth-order valence-corrected chi connectivity index (χ4v) is 2.21. The lowest BCUT2D eigenvalue weighted by Crippen LogP contribution is -2.27. The van der Waals surface area contributed by atoms with Crippen molar-refractivity contribution in [2.24, 2.45) is 5.73 Å². The van der Waals surface area contributed by atoms with Gasteiger partial charge in [-0.3, -0.25) is 9.47 Å². The number of rotatable bonds is 8. The minimum Gasteiger partial charge on any atom is -0.330 e. The zero-order valence-corrected chi connectivity index (χ0v) is 11.8. The summed E-state index contributed by atoms with van der Waals surface area (Å²) < 4.78 is 26.7. The third-order valence-electron chi connectivity index (χ3n) is 3.25. The van der Waals surface area contributed by atoms with Crippen LogP contribution in [0, 0.1) is 0 Å². The molecule has 1 aromatic heterocycles. The number of hydrogen-bond donors (Lipinski definition) is 1. The van der Waals surface area contributed by atoms with Crippen molar-refractivity contribution < 1.29 is 8.78 Å². The Morgan fingerprint density at radius 1 is 1.19 bits per heavy atom. The first kappa shape index (κ1) is 15.6. The largest absolute Gasteiger partial charge is 0.330 e. The maximum atomic E-state index is 12.9. The molecule has 4 nitrogen and oxygen atoms in total. The molecule has 0 saturated heterocycles. The van der Waals surface area contributed by atoms with Gasteiger partial charge >= 0.3 is 6.55 Å². The Morgan fingerprint density at radius 3 is 2.62 bits per heavy atom. The Kier molecular flexibility index (Phi) is 5.83. The van der Waals surface area contributed by atoms with E-state index in [1.807, 2.05) is 30.3 Å². The van der Waals surface area contributed by atoms with Crippen LogP contribution in [-0.4, -0.2) is 27.5 Å². The molecular formula is C15H20F2N4. The Labute approximate surface area is 123 Å². The lowest BCUT2D eigenvalue weighted by molar-refractivity contribution is 0.0636. The molecule has 2 N–H and O–H groups in total. The van der Waals surface area contributed by atoms with Crippen molar-refractivity contribution in [1.29, 1.82) is 0 Å². The first-order chi connectivity index (χ1) is 10.2. The van der Waals surface area contributed by atoms with Crippen LogP contribution in [0.5, 0.6) is 0 Å². The van der Waals surface area contributed by atoms with E-state index in [2.05, 4.69) is 9.88 Å². The van der Waals surface area contributed by atoms with Gasteiger partial charge in [-0.2, -0.15) is 8.78 Å². The predicted octanol–water partition coefficient (Wildman–Crippen LogP) is 2.63. The number of aromatic nitrogens is 2. The topological polar surface area (TPSA) is 47.1 Å². The van der Waals surface area contributed by atoms with Gasteiger partial charge < -0.3 is 5.73 Å². The SMILES string of the molecule is NCCCN(Cc1ccccc1)Cc1nccn1C(F)F. The van der Waals surface area contributed by atoms with E-state index in [-0.39, 0.29) is 0 Å². The van der Waals surface area contributed by atoms with Gasteiger partial charge in [0.05, 0.1) is 6.54 Å². The molecule has 0 unspecified atom stereocenters. The third-order valence-corrected chi connectivity index (χ3v) is 3.25. The molecule has 0 aliphatic heterocycles. The molecule has 1 aromatic carbocycles. The summed E-state index contributed by atoms with van der Waals surface area (Å²) in [6, 6.07) is 9.94. The number of imidazole rings is 1. The fraction of sp³-hybridized carbons (Fsp3) is 0.400. The number of benzene rings is 1. The molecule has 1 heterocycles.